The summed E-state index contributed by atoms with van der Waals surface area (Å²) in [5.41, 5.74) is 0.903. The van der Waals surface area contributed by atoms with E-state index in [-0.39, 0.29) is 12.2 Å². The van der Waals surface area contributed by atoms with Gasteiger partial charge in [-0.15, -0.1) is 11.6 Å². The van der Waals surface area contributed by atoms with Gasteiger partial charge in [-0.25, -0.2) is 9.18 Å². The number of hydrogen-bond donors (Lipinski definition) is 0. The van der Waals surface area contributed by atoms with Gasteiger partial charge in [0.05, 0.1) is 17.0 Å². The summed E-state index contributed by atoms with van der Waals surface area (Å²) in [4.78, 5) is 23.5. The molecule has 0 spiro atoms. The van der Waals surface area contributed by atoms with E-state index in [1.165, 1.54) is 6.07 Å². The van der Waals surface area contributed by atoms with E-state index in [1.807, 2.05) is 0 Å². The number of carbonyl (C=O) groups excluding carboxylic acids is 1. The fourth-order valence-electron chi connectivity index (χ4n) is 2.75. The molecule has 2 heterocycles. The van der Waals surface area contributed by atoms with Crippen LogP contribution >= 0.6 is 11.6 Å². The summed E-state index contributed by atoms with van der Waals surface area (Å²) in [6.45, 7) is 3.56. The largest absolute Gasteiger partial charge is 0.462 e. The highest BCUT2D eigenvalue weighted by Gasteiger charge is 2.45. The van der Waals surface area contributed by atoms with Crippen LogP contribution < -0.4 is 5.56 Å². The van der Waals surface area contributed by atoms with E-state index in [0.29, 0.717) is 29.5 Å². The average Bonchev–Trinajstić information content (AvgIpc) is 3.18. The highest BCUT2D eigenvalue weighted by molar-refractivity contribution is 6.26. The second kappa shape index (κ2) is 5.09. The van der Waals surface area contributed by atoms with Crippen molar-refractivity contribution in [1.82, 2.24) is 4.40 Å². The lowest BCUT2D eigenvalue weighted by Crippen LogP contribution is -2.24. The van der Waals surface area contributed by atoms with Crippen LogP contribution in [0.5, 0.6) is 0 Å². The first-order chi connectivity index (χ1) is 10.4. The Morgan fingerprint density at radius 3 is 2.73 bits per heavy atom. The summed E-state index contributed by atoms with van der Waals surface area (Å²) >= 11 is 6.34. The van der Waals surface area contributed by atoms with Crippen molar-refractivity contribution in [2.75, 3.05) is 6.61 Å². The van der Waals surface area contributed by atoms with Crippen molar-refractivity contribution in [3.63, 3.8) is 0 Å². The number of esters is 1. The van der Waals surface area contributed by atoms with Crippen molar-refractivity contribution in [1.29, 1.82) is 0 Å². The molecule has 4 nitrogen and oxygen atoms in total. The SMILES string of the molecule is CCOC(=O)c1ccc2c(C)c(C3(Cl)CC3)c(F)cn2c1=O. The summed E-state index contributed by atoms with van der Waals surface area (Å²) in [6, 6.07) is 3.03. The molecule has 0 saturated heterocycles. The van der Waals surface area contributed by atoms with Gasteiger partial charge >= 0.3 is 5.97 Å². The van der Waals surface area contributed by atoms with Crippen LogP contribution in [0, 0.1) is 12.7 Å². The molecule has 0 aromatic carbocycles. The smallest absolute Gasteiger partial charge is 0.343 e. The molecule has 1 aliphatic rings. The van der Waals surface area contributed by atoms with Crippen LogP contribution in [0.1, 0.15) is 41.3 Å². The van der Waals surface area contributed by atoms with Gasteiger partial charge in [-0.3, -0.25) is 9.20 Å². The predicted molar refractivity (Wildman–Crippen MR) is 81.1 cm³/mol. The Hall–Kier alpha value is -1.88. The first-order valence-corrected chi connectivity index (χ1v) is 7.48. The third-order valence-corrected chi connectivity index (χ3v) is 4.56. The van der Waals surface area contributed by atoms with Crippen LogP contribution in [-0.2, 0) is 9.61 Å². The Morgan fingerprint density at radius 2 is 2.14 bits per heavy atom. The van der Waals surface area contributed by atoms with Gasteiger partial charge in [0, 0.05) is 11.8 Å². The zero-order valence-corrected chi connectivity index (χ0v) is 13.0. The summed E-state index contributed by atoms with van der Waals surface area (Å²) in [5.74, 6) is -1.24. The minimum Gasteiger partial charge on any atom is -0.462 e. The van der Waals surface area contributed by atoms with Crippen molar-refractivity contribution in [2.24, 2.45) is 0 Å². The molecule has 0 radical (unpaired) electrons. The molecule has 3 rings (SSSR count). The maximum absolute atomic E-state index is 14.4. The molecule has 0 aliphatic heterocycles. The molecule has 2 aromatic rings. The molecule has 22 heavy (non-hydrogen) atoms. The van der Waals surface area contributed by atoms with Crippen LogP contribution in [0.3, 0.4) is 0 Å². The van der Waals surface area contributed by atoms with Crippen LogP contribution in [0.25, 0.3) is 5.52 Å². The van der Waals surface area contributed by atoms with Crippen LogP contribution in [0.2, 0.25) is 0 Å². The van der Waals surface area contributed by atoms with Gasteiger partial charge in [-0.2, -0.15) is 0 Å². The Labute approximate surface area is 131 Å². The number of ether oxygens (including phenoxy) is 1. The fourth-order valence-corrected chi connectivity index (χ4v) is 3.07. The van der Waals surface area contributed by atoms with Crippen molar-refractivity contribution < 1.29 is 13.9 Å². The number of rotatable bonds is 3. The Balaban J connectivity index is 2.25. The van der Waals surface area contributed by atoms with Gasteiger partial charge in [0.1, 0.15) is 11.4 Å². The number of halogens is 2. The molecule has 0 unspecified atom stereocenters. The third-order valence-electron chi connectivity index (χ3n) is 3.99. The standard InChI is InChI=1S/C16H15ClFNO3/c1-3-22-15(21)10-4-5-12-9(2)13(16(17)6-7-16)11(18)8-19(12)14(10)20/h4-5,8H,3,6-7H2,1-2H3. The number of aryl methyl sites for hydroxylation is 1. The number of pyridine rings is 2. The van der Waals surface area contributed by atoms with Crippen molar-refractivity contribution in [2.45, 2.75) is 31.6 Å². The highest BCUT2D eigenvalue weighted by atomic mass is 35.5. The quantitative estimate of drug-likeness (QED) is 0.644. The molecule has 1 saturated carbocycles. The second-order valence-corrected chi connectivity index (χ2v) is 6.19. The summed E-state index contributed by atoms with van der Waals surface area (Å²) in [7, 11) is 0. The maximum Gasteiger partial charge on any atom is 0.343 e. The first-order valence-electron chi connectivity index (χ1n) is 7.10. The van der Waals surface area contributed by atoms with Crippen LogP contribution in [-0.4, -0.2) is 17.0 Å². The highest BCUT2D eigenvalue weighted by Crippen LogP contribution is 2.54. The number of nitrogens with zero attached hydrogens (tertiary/aromatic N) is 1. The third kappa shape index (κ3) is 2.20. The maximum atomic E-state index is 14.4. The summed E-state index contributed by atoms with van der Waals surface area (Å²) in [5, 5.41) is 0. The molecule has 0 atom stereocenters. The fraction of sp³-hybridized carbons (Fsp3) is 0.375. The molecule has 116 valence electrons. The molecular formula is C16H15ClFNO3. The molecule has 2 aromatic heterocycles. The van der Waals surface area contributed by atoms with Gasteiger partial charge in [0.15, 0.2) is 0 Å². The van der Waals surface area contributed by atoms with Gasteiger partial charge < -0.3 is 4.74 Å². The van der Waals surface area contributed by atoms with E-state index in [2.05, 4.69) is 0 Å². The van der Waals surface area contributed by atoms with Crippen LogP contribution in [0.4, 0.5) is 4.39 Å². The monoisotopic (exact) mass is 323 g/mol. The molecule has 1 aliphatic carbocycles. The van der Waals surface area contributed by atoms with Gasteiger partial charge in [-0.05, 0) is 44.4 Å². The van der Waals surface area contributed by atoms with E-state index < -0.39 is 22.2 Å². The predicted octanol–water partition coefficient (Wildman–Crippen LogP) is 3.15. The Bertz CT molecular complexity index is 839. The summed E-state index contributed by atoms with van der Waals surface area (Å²) in [6.07, 6.45) is 2.53. The number of hydrogen-bond acceptors (Lipinski definition) is 3. The van der Waals surface area contributed by atoms with E-state index in [9.17, 15) is 14.0 Å². The second-order valence-electron chi connectivity index (χ2n) is 5.47. The first kappa shape index (κ1) is 15.0. The minimum absolute atomic E-state index is 0.113. The van der Waals surface area contributed by atoms with Gasteiger partial charge in [0.2, 0.25) is 0 Å². The van der Waals surface area contributed by atoms with Crippen LogP contribution in [0.15, 0.2) is 23.1 Å². The van der Waals surface area contributed by atoms with Crippen molar-refractivity contribution in [3.05, 3.63) is 51.2 Å². The summed E-state index contributed by atoms with van der Waals surface area (Å²) < 4.78 is 20.4. The van der Waals surface area contributed by atoms with E-state index in [1.54, 1.807) is 19.9 Å². The van der Waals surface area contributed by atoms with Gasteiger partial charge in [-0.1, -0.05) is 0 Å². The Kier molecular flexibility index (Phi) is 3.48. The van der Waals surface area contributed by atoms with E-state index in [0.717, 1.165) is 10.6 Å². The lowest BCUT2D eigenvalue weighted by molar-refractivity contribution is 0.0524. The lowest BCUT2D eigenvalue weighted by atomic mass is 10.0. The lowest BCUT2D eigenvalue weighted by Gasteiger charge is -2.15. The Morgan fingerprint density at radius 1 is 1.45 bits per heavy atom. The molecule has 0 amide bonds. The zero-order chi connectivity index (χ0) is 16.1. The molecule has 0 N–H and O–H groups in total. The number of alkyl halides is 1. The number of aromatic nitrogens is 1. The van der Waals surface area contributed by atoms with E-state index in [4.69, 9.17) is 16.3 Å². The van der Waals surface area contributed by atoms with Gasteiger partial charge in [0.25, 0.3) is 5.56 Å². The normalized spacial score (nSPS) is 15.8. The number of carbonyl (C=O) groups is 1. The van der Waals surface area contributed by atoms with Crippen molar-refractivity contribution in [3.8, 4) is 0 Å². The molecule has 0 bridgehead atoms. The topological polar surface area (TPSA) is 47.8 Å². The number of fused-ring (bicyclic) bond motifs is 1. The average molecular weight is 324 g/mol. The minimum atomic E-state index is -0.708. The van der Waals surface area contributed by atoms with Crippen molar-refractivity contribution >= 4 is 23.1 Å². The van der Waals surface area contributed by atoms with E-state index >= 15 is 0 Å². The molecule has 1 fully saturated rings. The molecular weight excluding hydrogens is 309 g/mol. The zero-order valence-electron chi connectivity index (χ0n) is 12.3. The molecule has 6 heteroatoms.